The zero-order valence-corrected chi connectivity index (χ0v) is 17.9. The summed E-state index contributed by atoms with van der Waals surface area (Å²) >= 11 is 5.20. The number of benzene rings is 2. The third kappa shape index (κ3) is 4.72. The van der Waals surface area contributed by atoms with Gasteiger partial charge in [0.1, 0.15) is 5.57 Å². The van der Waals surface area contributed by atoms with E-state index in [1.165, 1.54) is 31.1 Å². The minimum absolute atomic E-state index is 0.00161. The molecule has 0 spiro atoms. The molecule has 0 bridgehead atoms. The normalized spacial score (nSPS) is 16.2. The second-order valence-corrected chi connectivity index (χ2v) is 7.19. The minimum Gasteiger partial charge on any atom is -0.493 e. The predicted octanol–water partition coefficient (Wildman–Crippen LogP) is 2.69. The lowest BCUT2D eigenvalue weighted by molar-refractivity contribution is -0.144. The molecule has 0 aromatic heterocycles. The molecule has 2 amide bonds. The van der Waals surface area contributed by atoms with Crippen LogP contribution in [0.4, 0.5) is 5.69 Å². The molecule has 1 aliphatic rings. The van der Waals surface area contributed by atoms with Crippen molar-refractivity contribution < 1.29 is 29.0 Å². The summed E-state index contributed by atoms with van der Waals surface area (Å²) in [5, 5.41) is 11.6. The van der Waals surface area contributed by atoms with E-state index in [0.29, 0.717) is 11.3 Å². The van der Waals surface area contributed by atoms with Gasteiger partial charge in [-0.1, -0.05) is 18.2 Å². The highest BCUT2D eigenvalue weighted by molar-refractivity contribution is 7.80. The molecule has 1 atom stereocenters. The smallest absolute Gasteiger partial charge is 0.344 e. The Morgan fingerprint density at radius 1 is 1.19 bits per heavy atom. The molecule has 8 nitrogen and oxygen atoms in total. The van der Waals surface area contributed by atoms with Crippen molar-refractivity contribution in [3.8, 4) is 11.5 Å². The molecule has 2 N–H and O–H groups in total. The monoisotopic (exact) mass is 440 g/mol. The molecule has 0 aliphatic carbocycles. The molecule has 2 aromatic carbocycles. The van der Waals surface area contributed by atoms with Crippen LogP contribution < -0.4 is 19.7 Å². The maximum atomic E-state index is 13.1. The molecule has 1 fully saturated rings. The number of hydrogen-bond donors (Lipinski definition) is 2. The number of carbonyl (C=O) groups excluding carboxylic acids is 2. The van der Waals surface area contributed by atoms with Gasteiger partial charge in [-0.2, -0.15) is 0 Å². The molecule has 0 radical (unpaired) electrons. The van der Waals surface area contributed by atoms with Crippen molar-refractivity contribution in [2.24, 2.45) is 0 Å². The van der Waals surface area contributed by atoms with Crippen LogP contribution in [-0.4, -0.2) is 41.2 Å². The van der Waals surface area contributed by atoms with Crippen molar-refractivity contribution in [3.63, 3.8) is 0 Å². The van der Waals surface area contributed by atoms with E-state index in [0.717, 1.165) is 5.56 Å². The molecule has 0 unspecified atom stereocenters. The average Bonchev–Trinajstić information content (AvgIpc) is 2.71. The first-order chi connectivity index (χ1) is 14.7. The molecule has 0 saturated carbocycles. The van der Waals surface area contributed by atoms with E-state index in [1.807, 2.05) is 13.0 Å². The number of hydrogen-bond acceptors (Lipinski definition) is 6. The van der Waals surface area contributed by atoms with E-state index >= 15 is 0 Å². The highest BCUT2D eigenvalue weighted by Gasteiger charge is 2.34. The molecule has 1 saturated heterocycles. The first-order valence-electron chi connectivity index (χ1n) is 9.27. The van der Waals surface area contributed by atoms with Gasteiger partial charge in [-0.25, -0.2) is 4.79 Å². The average molecular weight is 440 g/mol. The quantitative estimate of drug-likeness (QED) is 0.404. The Morgan fingerprint density at radius 2 is 1.94 bits per heavy atom. The van der Waals surface area contributed by atoms with E-state index in [9.17, 15) is 14.4 Å². The molecule has 3 rings (SSSR count). The first kappa shape index (κ1) is 22.0. The number of aryl methyl sites for hydroxylation is 1. The van der Waals surface area contributed by atoms with Crippen molar-refractivity contribution >= 4 is 46.9 Å². The second-order valence-electron chi connectivity index (χ2n) is 6.81. The topological polar surface area (TPSA) is 105 Å². The van der Waals surface area contributed by atoms with Gasteiger partial charge in [0.15, 0.2) is 22.7 Å². The summed E-state index contributed by atoms with van der Waals surface area (Å²) < 4.78 is 10.6. The number of rotatable bonds is 6. The van der Waals surface area contributed by atoms with Crippen molar-refractivity contribution in [1.29, 1.82) is 0 Å². The SMILES string of the molecule is COc1cc(/C=C2\C(=O)NC(=S)N(c3cccc(C)c3)C2=O)ccc1O[C@H](C)C(=O)O. The van der Waals surface area contributed by atoms with Crippen molar-refractivity contribution in [1.82, 2.24) is 5.32 Å². The summed E-state index contributed by atoms with van der Waals surface area (Å²) in [4.78, 5) is 37.9. The van der Waals surface area contributed by atoms with Crippen LogP contribution in [0.3, 0.4) is 0 Å². The van der Waals surface area contributed by atoms with Crippen LogP contribution in [0.5, 0.6) is 11.5 Å². The molecule has 31 heavy (non-hydrogen) atoms. The number of amides is 2. The van der Waals surface area contributed by atoms with Gasteiger partial charge in [0, 0.05) is 0 Å². The fraction of sp³-hybridized carbons (Fsp3) is 0.182. The van der Waals surface area contributed by atoms with Gasteiger partial charge in [-0.05, 0) is 67.5 Å². The number of aliphatic carboxylic acids is 1. The van der Waals surface area contributed by atoms with Gasteiger partial charge < -0.3 is 14.6 Å². The van der Waals surface area contributed by atoms with Crippen LogP contribution in [0, 0.1) is 6.92 Å². The fourth-order valence-corrected chi connectivity index (χ4v) is 3.22. The largest absolute Gasteiger partial charge is 0.493 e. The lowest BCUT2D eigenvalue weighted by atomic mass is 10.1. The number of ether oxygens (including phenoxy) is 2. The van der Waals surface area contributed by atoms with Crippen LogP contribution in [0.15, 0.2) is 48.0 Å². The molecule has 2 aromatic rings. The Morgan fingerprint density at radius 3 is 2.58 bits per heavy atom. The van der Waals surface area contributed by atoms with Gasteiger partial charge in [-0.15, -0.1) is 0 Å². The van der Waals surface area contributed by atoms with E-state index in [2.05, 4.69) is 5.32 Å². The summed E-state index contributed by atoms with van der Waals surface area (Å²) in [5.74, 6) is -1.81. The van der Waals surface area contributed by atoms with Crippen LogP contribution in [0.1, 0.15) is 18.1 Å². The Hall–Kier alpha value is -3.72. The van der Waals surface area contributed by atoms with E-state index in [1.54, 1.807) is 30.3 Å². The van der Waals surface area contributed by atoms with Crippen molar-refractivity contribution in [2.75, 3.05) is 12.0 Å². The first-order valence-corrected chi connectivity index (χ1v) is 9.67. The fourth-order valence-electron chi connectivity index (χ4n) is 2.94. The van der Waals surface area contributed by atoms with Gasteiger partial charge in [0.25, 0.3) is 11.8 Å². The van der Waals surface area contributed by atoms with Gasteiger partial charge >= 0.3 is 5.97 Å². The summed E-state index contributed by atoms with van der Waals surface area (Å²) in [6.07, 6.45) is 0.336. The lowest BCUT2D eigenvalue weighted by Gasteiger charge is -2.29. The van der Waals surface area contributed by atoms with Gasteiger partial charge in [0.2, 0.25) is 0 Å². The van der Waals surface area contributed by atoms with Crippen LogP contribution in [0.2, 0.25) is 0 Å². The van der Waals surface area contributed by atoms with Crippen molar-refractivity contribution in [3.05, 3.63) is 59.2 Å². The van der Waals surface area contributed by atoms with E-state index < -0.39 is 23.9 Å². The second kappa shape index (κ2) is 8.97. The zero-order chi connectivity index (χ0) is 22.7. The Bertz CT molecular complexity index is 1110. The number of carboxylic acid groups (broad SMARTS) is 1. The third-order valence-electron chi connectivity index (χ3n) is 4.51. The molecule has 1 aliphatic heterocycles. The minimum atomic E-state index is -1.12. The number of nitrogens with zero attached hydrogens (tertiary/aromatic N) is 1. The van der Waals surface area contributed by atoms with E-state index in [4.69, 9.17) is 26.8 Å². The molecular formula is C22H20N2O6S. The Kier molecular flexibility index (Phi) is 6.36. The molecule has 9 heteroatoms. The number of thiocarbonyl (C=S) groups is 1. The van der Waals surface area contributed by atoms with Gasteiger partial charge in [-0.3, -0.25) is 19.8 Å². The third-order valence-corrected chi connectivity index (χ3v) is 4.80. The lowest BCUT2D eigenvalue weighted by Crippen LogP contribution is -2.54. The Labute approximate surface area is 184 Å². The number of nitrogens with one attached hydrogen (secondary N) is 1. The molecule has 160 valence electrons. The highest BCUT2D eigenvalue weighted by Crippen LogP contribution is 2.30. The van der Waals surface area contributed by atoms with Crippen molar-refractivity contribution in [2.45, 2.75) is 20.0 Å². The van der Waals surface area contributed by atoms with Crippen LogP contribution in [0.25, 0.3) is 6.08 Å². The van der Waals surface area contributed by atoms with Crippen LogP contribution >= 0.6 is 12.2 Å². The maximum absolute atomic E-state index is 13.1. The number of anilines is 1. The molecular weight excluding hydrogens is 420 g/mol. The standard InChI is InChI=1S/C22H20N2O6S/c1-12-5-4-6-15(9-12)24-20(26)16(19(25)23-22(24)31)10-14-7-8-17(18(11-14)29-3)30-13(2)21(27)28/h4-11,13H,1-3H3,(H,27,28)(H,23,25,31)/b16-10+/t13-/m1/s1. The number of methoxy groups -OCH3 is 1. The Balaban J connectivity index is 1.96. The number of carbonyl (C=O) groups is 3. The summed E-state index contributed by atoms with van der Waals surface area (Å²) in [5.41, 5.74) is 1.86. The summed E-state index contributed by atoms with van der Waals surface area (Å²) in [6.45, 7) is 3.28. The summed E-state index contributed by atoms with van der Waals surface area (Å²) in [7, 11) is 1.40. The molecule has 1 heterocycles. The maximum Gasteiger partial charge on any atom is 0.344 e. The highest BCUT2D eigenvalue weighted by atomic mass is 32.1. The van der Waals surface area contributed by atoms with E-state index in [-0.39, 0.29) is 22.2 Å². The summed E-state index contributed by atoms with van der Waals surface area (Å²) in [6, 6.07) is 11.8. The van der Waals surface area contributed by atoms with Gasteiger partial charge in [0.05, 0.1) is 12.8 Å². The predicted molar refractivity (Wildman–Crippen MR) is 118 cm³/mol. The van der Waals surface area contributed by atoms with Crippen LogP contribution in [-0.2, 0) is 14.4 Å². The zero-order valence-electron chi connectivity index (χ0n) is 17.0. The number of carboxylic acids is 1.